The number of rotatable bonds is 4. The lowest BCUT2D eigenvalue weighted by Gasteiger charge is -2.09. The molecule has 0 spiro atoms. The van der Waals surface area contributed by atoms with E-state index in [9.17, 15) is 4.39 Å². The van der Waals surface area contributed by atoms with Crippen molar-refractivity contribution < 1.29 is 4.39 Å². The molecule has 0 saturated carbocycles. The van der Waals surface area contributed by atoms with Crippen molar-refractivity contribution in [3.8, 4) is 0 Å². The number of nitrogens with zero attached hydrogens (tertiary/aromatic N) is 3. The summed E-state index contributed by atoms with van der Waals surface area (Å²) >= 11 is 0. The van der Waals surface area contributed by atoms with Gasteiger partial charge < -0.3 is 15.6 Å². The van der Waals surface area contributed by atoms with E-state index in [4.69, 9.17) is 0 Å². The number of H-pyrrole nitrogens is 1. The number of fused-ring (bicyclic) bond motifs is 1. The third kappa shape index (κ3) is 2.62. The zero-order valence-corrected chi connectivity index (χ0v) is 11.7. The van der Waals surface area contributed by atoms with Crippen molar-refractivity contribution in [3.05, 3.63) is 35.9 Å². The predicted octanol–water partition coefficient (Wildman–Crippen LogP) is 2.98. The Morgan fingerprint density at radius 2 is 2.14 bits per heavy atom. The Balaban J connectivity index is 2.01. The van der Waals surface area contributed by atoms with Gasteiger partial charge in [-0.15, -0.1) is 0 Å². The third-order valence-electron chi connectivity index (χ3n) is 3.06. The number of nitrogens with one attached hydrogen (secondary N) is 3. The van der Waals surface area contributed by atoms with Crippen molar-refractivity contribution in [3.63, 3.8) is 0 Å². The van der Waals surface area contributed by atoms with Gasteiger partial charge in [-0.3, -0.25) is 0 Å². The summed E-state index contributed by atoms with van der Waals surface area (Å²) < 4.78 is 13.6. The molecule has 7 heteroatoms. The fraction of sp³-hybridized carbons (Fsp3) is 0.214. The van der Waals surface area contributed by atoms with Gasteiger partial charge in [-0.2, -0.15) is 9.97 Å². The highest BCUT2D eigenvalue weighted by atomic mass is 19.1. The second-order valence-electron chi connectivity index (χ2n) is 4.62. The highest BCUT2D eigenvalue weighted by Gasteiger charge is 2.10. The molecule has 0 fully saturated rings. The van der Waals surface area contributed by atoms with Gasteiger partial charge in [0.2, 0.25) is 5.95 Å². The first-order valence-corrected chi connectivity index (χ1v) is 6.65. The molecule has 0 aliphatic rings. The van der Waals surface area contributed by atoms with Gasteiger partial charge in [-0.25, -0.2) is 9.37 Å². The maximum absolute atomic E-state index is 13.6. The van der Waals surface area contributed by atoms with Crippen molar-refractivity contribution in [1.29, 1.82) is 0 Å². The summed E-state index contributed by atoms with van der Waals surface area (Å²) in [4.78, 5) is 15.8. The number of benzene rings is 1. The Hall–Kier alpha value is -2.70. The Kier molecular flexibility index (Phi) is 3.39. The van der Waals surface area contributed by atoms with Gasteiger partial charge in [0, 0.05) is 12.2 Å². The van der Waals surface area contributed by atoms with Crippen LogP contribution in [0.3, 0.4) is 0 Å². The van der Waals surface area contributed by atoms with E-state index in [0.717, 1.165) is 0 Å². The Labute approximate surface area is 120 Å². The fourth-order valence-corrected chi connectivity index (χ4v) is 1.97. The van der Waals surface area contributed by atoms with Gasteiger partial charge in [0.25, 0.3) is 0 Å². The predicted molar refractivity (Wildman–Crippen MR) is 80.3 cm³/mol. The number of hydrogen-bond donors (Lipinski definition) is 3. The van der Waals surface area contributed by atoms with Crippen molar-refractivity contribution in [2.75, 3.05) is 17.2 Å². The maximum atomic E-state index is 13.6. The fourth-order valence-electron chi connectivity index (χ4n) is 1.97. The lowest BCUT2D eigenvalue weighted by Crippen LogP contribution is -2.05. The smallest absolute Gasteiger partial charge is 0.226 e. The van der Waals surface area contributed by atoms with Crippen LogP contribution in [0.15, 0.2) is 24.5 Å². The van der Waals surface area contributed by atoms with E-state index in [0.29, 0.717) is 40.7 Å². The van der Waals surface area contributed by atoms with Crippen molar-refractivity contribution in [2.45, 2.75) is 13.8 Å². The average molecular weight is 286 g/mol. The van der Waals surface area contributed by atoms with Crippen molar-refractivity contribution in [2.24, 2.45) is 0 Å². The molecule has 3 N–H and O–H groups in total. The van der Waals surface area contributed by atoms with E-state index < -0.39 is 0 Å². The van der Waals surface area contributed by atoms with Crippen molar-refractivity contribution in [1.82, 2.24) is 19.9 Å². The van der Waals surface area contributed by atoms with Crippen LogP contribution in [0.5, 0.6) is 0 Å². The maximum Gasteiger partial charge on any atom is 0.226 e. The van der Waals surface area contributed by atoms with Crippen molar-refractivity contribution >= 4 is 28.6 Å². The van der Waals surface area contributed by atoms with Gasteiger partial charge in [0.05, 0.1) is 6.33 Å². The lowest BCUT2D eigenvalue weighted by atomic mass is 10.2. The minimum Gasteiger partial charge on any atom is -0.354 e. The number of aromatic nitrogens is 4. The van der Waals surface area contributed by atoms with Crippen LogP contribution in [-0.2, 0) is 0 Å². The highest BCUT2D eigenvalue weighted by Crippen LogP contribution is 2.23. The molecule has 6 nitrogen and oxygen atoms in total. The summed E-state index contributed by atoms with van der Waals surface area (Å²) in [6.07, 6.45) is 1.55. The van der Waals surface area contributed by atoms with E-state index >= 15 is 0 Å². The van der Waals surface area contributed by atoms with Gasteiger partial charge in [0.1, 0.15) is 11.3 Å². The highest BCUT2D eigenvalue weighted by molar-refractivity contribution is 5.86. The molecule has 21 heavy (non-hydrogen) atoms. The minimum absolute atomic E-state index is 0.262. The van der Waals surface area contributed by atoms with Gasteiger partial charge >= 0.3 is 0 Å². The average Bonchev–Trinajstić information content (AvgIpc) is 2.92. The normalized spacial score (nSPS) is 10.8. The number of hydrogen-bond acceptors (Lipinski definition) is 5. The quantitative estimate of drug-likeness (QED) is 0.687. The molecule has 0 aliphatic carbocycles. The largest absolute Gasteiger partial charge is 0.354 e. The van der Waals surface area contributed by atoms with Gasteiger partial charge in [-0.05, 0) is 31.5 Å². The molecule has 0 aliphatic heterocycles. The number of aryl methyl sites for hydroxylation is 1. The molecule has 0 atom stereocenters. The van der Waals surface area contributed by atoms with Crippen LogP contribution in [-0.4, -0.2) is 26.5 Å². The first kappa shape index (κ1) is 13.3. The number of imidazole rings is 1. The van der Waals surface area contributed by atoms with Crippen LogP contribution in [0, 0.1) is 12.7 Å². The van der Waals surface area contributed by atoms with E-state index in [1.807, 2.05) is 6.92 Å². The van der Waals surface area contributed by atoms with E-state index in [2.05, 4.69) is 30.6 Å². The van der Waals surface area contributed by atoms with E-state index in [1.165, 1.54) is 6.07 Å². The molecule has 0 unspecified atom stereocenters. The lowest BCUT2D eigenvalue weighted by molar-refractivity contribution is 0.619. The van der Waals surface area contributed by atoms with Crippen LogP contribution in [0.2, 0.25) is 0 Å². The number of aromatic amines is 1. The molecular formula is C14H15FN6. The standard InChI is InChI=1S/C14H15FN6/c1-3-16-14-20-12-11(17-7-18-12)13(21-14)19-9-5-4-8(2)10(15)6-9/h4-7H,3H2,1-2H3,(H3,16,17,18,19,20,21). The van der Waals surface area contributed by atoms with Gasteiger partial charge in [-0.1, -0.05) is 6.07 Å². The monoisotopic (exact) mass is 286 g/mol. The first-order valence-electron chi connectivity index (χ1n) is 6.65. The van der Waals surface area contributed by atoms with E-state index in [1.54, 1.807) is 25.4 Å². The zero-order valence-electron chi connectivity index (χ0n) is 11.7. The molecule has 0 bridgehead atoms. The summed E-state index contributed by atoms with van der Waals surface area (Å²) in [7, 11) is 0. The molecule has 0 radical (unpaired) electrons. The zero-order chi connectivity index (χ0) is 14.8. The third-order valence-corrected chi connectivity index (χ3v) is 3.06. The van der Waals surface area contributed by atoms with Crippen LogP contribution in [0.4, 0.5) is 21.8 Å². The topological polar surface area (TPSA) is 78.5 Å². The second-order valence-corrected chi connectivity index (χ2v) is 4.62. The first-order chi connectivity index (χ1) is 10.2. The number of anilines is 3. The SMILES string of the molecule is CCNc1nc(Nc2ccc(C)c(F)c2)c2[nH]cnc2n1. The summed E-state index contributed by atoms with van der Waals surface area (Å²) in [5.74, 6) is 0.769. The summed E-state index contributed by atoms with van der Waals surface area (Å²) in [5.41, 5.74) is 2.45. The molecule has 108 valence electrons. The van der Waals surface area contributed by atoms with E-state index in [-0.39, 0.29) is 5.82 Å². The number of halogens is 1. The van der Waals surface area contributed by atoms with Crippen LogP contribution < -0.4 is 10.6 Å². The Morgan fingerprint density at radius 3 is 2.90 bits per heavy atom. The molecule has 3 rings (SSSR count). The Morgan fingerprint density at radius 1 is 1.29 bits per heavy atom. The van der Waals surface area contributed by atoms with Crippen LogP contribution in [0.25, 0.3) is 11.2 Å². The summed E-state index contributed by atoms with van der Waals surface area (Å²) in [5, 5.41) is 6.14. The molecule has 0 saturated heterocycles. The second kappa shape index (κ2) is 5.35. The van der Waals surface area contributed by atoms with Crippen LogP contribution in [0.1, 0.15) is 12.5 Å². The Bertz CT molecular complexity index is 782. The van der Waals surface area contributed by atoms with Gasteiger partial charge in [0.15, 0.2) is 11.5 Å². The molecule has 2 heterocycles. The molecule has 0 amide bonds. The molecule has 2 aromatic heterocycles. The molecular weight excluding hydrogens is 271 g/mol. The minimum atomic E-state index is -0.262. The van der Waals surface area contributed by atoms with Crippen LogP contribution >= 0.6 is 0 Å². The summed E-state index contributed by atoms with van der Waals surface area (Å²) in [6, 6.07) is 4.95. The molecule has 1 aromatic carbocycles. The molecule has 3 aromatic rings. The summed E-state index contributed by atoms with van der Waals surface area (Å²) in [6.45, 7) is 4.38.